The monoisotopic (exact) mass is 500 g/mol. The number of benzene rings is 1. The molecule has 3 heteroatoms. The molecule has 3 aliphatic rings. The zero-order valence-electron chi connectivity index (χ0n) is 22.8. The lowest BCUT2D eigenvalue weighted by Gasteiger charge is -2.41. The van der Waals surface area contributed by atoms with Gasteiger partial charge >= 0.3 is 0 Å². The predicted octanol–water partition coefficient (Wildman–Crippen LogP) is 10.4. The molecule has 4 rings (SSSR count). The fourth-order valence-corrected chi connectivity index (χ4v) is 7.80. The summed E-state index contributed by atoms with van der Waals surface area (Å²) in [6.45, 7) is 6.46. The second-order valence-corrected chi connectivity index (χ2v) is 12.3. The molecule has 1 aromatic carbocycles. The molecule has 0 heterocycles. The molecule has 0 spiro atoms. The van der Waals surface area contributed by atoms with Crippen molar-refractivity contribution >= 4 is 0 Å². The number of halogens is 2. The molecule has 36 heavy (non-hydrogen) atoms. The van der Waals surface area contributed by atoms with Crippen molar-refractivity contribution in [2.24, 2.45) is 29.6 Å². The van der Waals surface area contributed by atoms with E-state index < -0.39 is 11.6 Å². The first-order chi connectivity index (χ1) is 17.6. The standard InChI is InChI=1S/C33H50F2O/c1-3-5-7-23-36-31-22-21-30(32(34)33(31)35)29-19-17-28(18-20-29)27-15-13-26(14-16-27)25-11-9-24(10-12-25)8-6-4-2/h4,21-22,24-29H,2-3,5-20,23H2,1H3. The zero-order valence-corrected chi connectivity index (χ0v) is 22.8. The van der Waals surface area contributed by atoms with Gasteiger partial charge in [-0.3, -0.25) is 0 Å². The number of rotatable bonds is 11. The van der Waals surface area contributed by atoms with E-state index >= 15 is 0 Å². The van der Waals surface area contributed by atoms with Crippen LogP contribution in [0.5, 0.6) is 5.75 Å². The highest BCUT2D eigenvalue weighted by molar-refractivity contribution is 5.33. The van der Waals surface area contributed by atoms with E-state index in [-0.39, 0.29) is 11.7 Å². The first kappa shape index (κ1) is 27.6. The normalized spacial score (nSPS) is 31.2. The molecule has 1 aromatic rings. The van der Waals surface area contributed by atoms with E-state index in [1.54, 1.807) is 12.1 Å². The summed E-state index contributed by atoms with van der Waals surface area (Å²) in [4.78, 5) is 0. The van der Waals surface area contributed by atoms with Crippen molar-refractivity contribution in [1.82, 2.24) is 0 Å². The number of allylic oxidation sites excluding steroid dienone is 1. The Balaban J connectivity index is 1.20. The first-order valence-electron chi connectivity index (χ1n) is 15.3. The van der Waals surface area contributed by atoms with Crippen LogP contribution >= 0.6 is 0 Å². The van der Waals surface area contributed by atoms with Gasteiger partial charge in [-0.15, -0.1) is 6.58 Å². The minimum absolute atomic E-state index is 0.0723. The van der Waals surface area contributed by atoms with Gasteiger partial charge in [0.25, 0.3) is 0 Å². The molecule has 0 N–H and O–H groups in total. The predicted molar refractivity (Wildman–Crippen MR) is 146 cm³/mol. The van der Waals surface area contributed by atoms with E-state index in [0.29, 0.717) is 12.2 Å². The summed E-state index contributed by atoms with van der Waals surface area (Å²) in [5.41, 5.74) is 0.569. The molecule has 0 radical (unpaired) electrons. The summed E-state index contributed by atoms with van der Waals surface area (Å²) >= 11 is 0. The van der Waals surface area contributed by atoms with Gasteiger partial charge in [0, 0.05) is 0 Å². The third-order valence-corrected chi connectivity index (χ3v) is 10.1. The Morgan fingerprint density at radius 1 is 0.778 bits per heavy atom. The molecule has 0 aromatic heterocycles. The van der Waals surface area contributed by atoms with Crippen LogP contribution in [-0.4, -0.2) is 6.61 Å². The molecule has 202 valence electrons. The van der Waals surface area contributed by atoms with E-state index in [9.17, 15) is 8.78 Å². The zero-order chi connectivity index (χ0) is 25.3. The van der Waals surface area contributed by atoms with E-state index in [1.165, 1.54) is 77.0 Å². The SMILES string of the molecule is C=CCCC1CCC(C2CCC(C3CCC(c4ccc(OCCCCC)c(F)c4F)CC3)CC2)CC1. The molecule has 0 atom stereocenters. The van der Waals surface area contributed by atoms with Crippen molar-refractivity contribution in [2.45, 2.75) is 122 Å². The molecule has 0 saturated heterocycles. The van der Waals surface area contributed by atoms with Gasteiger partial charge in [-0.2, -0.15) is 4.39 Å². The second-order valence-electron chi connectivity index (χ2n) is 12.3. The van der Waals surface area contributed by atoms with Crippen molar-refractivity contribution in [3.05, 3.63) is 42.0 Å². The van der Waals surface area contributed by atoms with Crippen LogP contribution in [0.3, 0.4) is 0 Å². The molecular formula is C33H50F2O. The highest BCUT2D eigenvalue weighted by Gasteiger charge is 2.35. The van der Waals surface area contributed by atoms with Crippen LogP contribution in [0.4, 0.5) is 8.78 Å². The summed E-state index contributed by atoms with van der Waals surface area (Å²) in [6.07, 6.45) is 23.4. The van der Waals surface area contributed by atoms with Crippen molar-refractivity contribution in [2.75, 3.05) is 6.61 Å². The third kappa shape index (κ3) is 7.13. The molecule has 0 unspecified atom stereocenters. The molecule has 0 amide bonds. The summed E-state index contributed by atoms with van der Waals surface area (Å²) in [6, 6.07) is 3.44. The van der Waals surface area contributed by atoms with Gasteiger partial charge in [0.1, 0.15) is 0 Å². The maximum absolute atomic E-state index is 14.9. The van der Waals surface area contributed by atoms with E-state index in [0.717, 1.165) is 61.7 Å². The molecule has 3 aliphatic carbocycles. The lowest BCUT2D eigenvalue weighted by atomic mass is 9.64. The molecular weight excluding hydrogens is 450 g/mol. The van der Waals surface area contributed by atoms with Gasteiger partial charge in [0.05, 0.1) is 6.61 Å². The van der Waals surface area contributed by atoms with Crippen molar-refractivity contribution in [3.8, 4) is 5.75 Å². The smallest absolute Gasteiger partial charge is 0.200 e. The summed E-state index contributed by atoms with van der Waals surface area (Å²) < 4.78 is 35.1. The Bertz CT molecular complexity index is 796. The summed E-state index contributed by atoms with van der Waals surface area (Å²) in [7, 11) is 0. The second kappa shape index (κ2) is 14.0. The Morgan fingerprint density at radius 3 is 1.89 bits per heavy atom. The van der Waals surface area contributed by atoms with Crippen LogP contribution in [-0.2, 0) is 0 Å². The highest BCUT2D eigenvalue weighted by Crippen LogP contribution is 2.48. The van der Waals surface area contributed by atoms with E-state index in [1.807, 2.05) is 0 Å². The average molecular weight is 501 g/mol. The molecule has 0 aliphatic heterocycles. The van der Waals surface area contributed by atoms with Gasteiger partial charge in [0.15, 0.2) is 11.6 Å². The Labute approximate surface area is 219 Å². The van der Waals surface area contributed by atoms with Gasteiger partial charge < -0.3 is 4.74 Å². The van der Waals surface area contributed by atoms with Crippen molar-refractivity contribution in [1.29, 1.82) is 0 Å². The lowest BCUT2D eigenvalue weighted by Crippen LogP contribution is -2.29. The van der Waals surface area contributed by atoms with Crippen molar-refractivity contribution < 1.29 is 13.5 Å². The molecule has 0 bridgehead atoms. The maximum atomic E-state index is 14.9. The average Bonchev–Trinajstić information content (AvgIpc) is 2.93. The minimum atomic E-state index is -0.792. The maximum Gasteiger partial charge on any atom is 0.200 e. The number of hydrogen-bond acceptors (Lipinski definition) is 1. The molecule has 1 nitrogen and oxygen atoms in total. The summed E-state index contributed by atoms with van der Waals surface area (Å²) in [5.74, 6) is 3.26. The Morgan fingerprint density at radius 2 is 1.33 bits per heavy atom. The van der Waals surface area contributed by atoms with E-state index in [2.05, 4.69) is 19.6 Å². The van der Waals surface area contributed by atoms with Gasteiger partial charge in [-0.1, -0.05) is 44.7 Å². The van der Waals surface area contributed by atoms with Crippen LogP contribution in [0.25, 0.3) is 0 Å². The van der Waals surface area contributed by atoms with Gasteiger partial charge in [0.2, 0.25) is 5.82 Å². The van der Waals surface area contributed by atoms with Crippen LogP contribution in [0.2, 0.25) is 0 Å². The Hall–Kier alpha value is -1.38. The highest BCUT2D eigenvalue weighted by atomic mass is 19.2. The van der Waals surface area contributed by atoms with Gasteiger partial charge in [-0.05, 0) is 131 Å². The largest absolute Gasteiger partial charge is 0.490 e. The fraction of sp³-hybridized carbons (Fsp3) is 0.758. The third-order valence-electron chi connectivity index (χ3n) is 10.1. The van der Waals surface area contributed by atoms with Crippen LogP contribution in [0.1, 0.15) is 128 Å². The van der Waals surface area contributed by atoms with E-state index in [4.69, 9.17) is 4.74 Å². The fourth-order valence-electron chi connectivity index (χ4n) is 7.80. The first-order valence-corrected chi connectivity index (χ1v) is 15.3. The van der Waals surface area contributed by atoms with Crippen LogP contribution < -0.4 is 4.74 Å². The quantitative estimate of drug-likeness (QED) is 0.217. The number of ether oxygens (including phenoxy) is 1. The van der Waals surface area contributed by atoms with Crippen molar-refractivity contribution in [3.63, 3.8) is 0 Å². The van der Waals surface area contributed by atoms with Crippen LogP contribution in [0.15, 0.2) is 24.8 Å². The minimum Gasteiger partial charge on any atom is -0.490 e. The summed E-state index contributed by atoms with van der Waals surface area (Å²) in [5, 5.41) is 0. The van der Waals surface area contributed by atoms with Gasteiger partial charge in [-0.25, -0.2) is 4.39 Å². The Kier molecular flexibility index (Phi) is 10.7. The topological polar surface area (TPSA) is 9.23 Å². The number of unbranched alkanes of at least 4 members (excludes halogenated alkanes) is 2. The molecule has 3 fully saturated rings. The lowest BCUT2D eigenvalue weighted by molar-refractivity contribution is 0.109. The number of hydrogen-bond donors (Lipinski definition) is 0. The van der Waals surface area contributed by atoms with Crippen LogP contribution in [0, 0.1) is 41.2 Å². The molecule has 3 saturated carbocycles.